The van der Waals surface area contributed by atoms with Crippen LogP contribution in [0.1, 0.15) is 25.6 Å². The molecule has 2 heterocycles. The molecule has 1 aromatic rings. The molecule has 0 radical (unpaired) electrons. The van der Waals surface area contributed by atoms with E-state index >= 15 is 0 Å². The maximum Gasteiger partial charge on any atom is 0.281 e. The van der Waals surface area contributed by atoms with E-state index in [0.717, 1.165) is 25.3 Å². The first-order valence-corrected chi connectivity index (χ1v) is 8.70. The number of imidazole rings is 1. The van der Waals surface area contributed by atoms with Gasteiger partial charge in [-0.2, -0.15) is 17.0 Å². The Kier molecular flexibility index (Phi) is 5.03. The van der Waals surface area contributed by atoms with Crippen LogP contribution in [0.2, 0.25) is 0 Å². The smallest absolute Gasteiger partial charge is 0.281 e. The van der Waals surface area contributed by atoms with Gasteiger partial charge in [0.15, 0.2) is 0 Å². The molecular formula is C13H25N5O2S. The van der Waals surface area contributed by atoms with E-state index in [2.05, 4.69) is 28.3 Å². The summed E-state index contributed by atoms with van der Waals surface area (Å²) < 4.78 is 29.7. The van der Waals surface area contributed by atoms with Crippen molar-refractivity contribution in [2.75, 3.05) is 40.3 Å². The average molecular weight is 315 g/mol. The molecule has 0 unspecified atom stereocenters. The number of rotatable bonds is 6. The highest BCUT2D eigenvalue weighted by molar-refractivity contribution is 7.86. The van der Waals surface area contributed by atoms with Gasteiger partial charge in [-0.05, 0) is 13.1 Å². The summed E-state index contributed by atoms with van der Waals surface area (Å²) in [5.41, 5.74) is 0.948. The second kappa shape index (κ2) is 6.43. The molecule has 0 saturated carbocycles. The SMILES string of the molecule is CCN(CC)C[C@@H]1CN(S(=O)(=O)N(C)C)Cc2cncn21. The van der Waals surface area contributed by atoms with Gasteiger partial charge in [0.2, 0.25) is 0 Å². The van der Waals surface area contributed by atoms with E-state index in [0.29, 0.717) is 13.1 Å². The van der Waals surface area contributed by atoms with Gasteiger partial charge in [0.25, 0.3) is 10.2 Å². The lowest BCUT2D eigenvalue weighted by molar-refractivity contribution is 0.198. The summed E-state index contributed by atoms with van der Waals surface area (Å²) in [6, 6.07) is 0.103. The van der Waals surface area contributed by atoms with Gasteiger partial charge in [-0.1, -0.05) is 13.8 Å². The highest BCUT2D eigenvalue weighted by atomic mass is 32.2. The zero-order valence-corrected chi connectivity index (χ0v) is 14.0. The summed E-state index contributed by atoms with van der Waals surface area (Å²) >= 11 is 0. The zero-order valence-electron chi connectivity index (χ0n) is 13.2. The van der Waals surface area contributed by atoms with Crippen LogP contribution < -0.4 is 0 Å². The molecule has 0 fully saturated rings. The molecule has 1 aliphatic rings. The summed E-state index contributed by atoms with van der Waals surface area (Å²) in [4.78, 5) is 6.49. The maximum absolute atomic E-state index is 12.4. The Bertz CT molecular complexity index is 565. The van der Waals surface area contributed by atoms with Crippen molar-refractivity contribution in [2.24, 2.45) is 0 Å². The number of fused-ring (bicyclic) bond motifs is 1. The average Bonchev–Trinajstić information content (AvgIpc) is 2.92. The number of hydrogen-bond donors (Lipinski definition) is 0. The Morgan fingerprint density at radius 3 is 2.57 bits per heavy atom. The second-order valence-corrected chi connectivity index (χ2v) is 7.66. The Morgan fingerprint density at radius 2 is 2.00 bits per heavy atom. The predicted molar refractivity (Wildman–Crippen MR) is 82.1 cm³/mol. The minimum absolute atomic E-state index is 0.103. The van der Waals surface area contributed by atoms with Gasteiger partial charge in [-0.25, -0.2) is 4.98 Å². The van der Waals surface area contributed by atoms with Crippen LogP contribution in [0, 0.1) is 0 Å². The number of nitrogens with zero attached hydrogens (tertiary/aromatic N) is 5. The molecule has 0 spiro atoms. The number of hydrogen-bond acceptors (Lipinski definition) is 4. The van der Waals surface area contributed by atoms with E-state index in [-0.39, 0.29) is 6.04 Å². The van der Waals surface area contributed by atoms with E-state index in [1.54, 1.807) is 20.3 Å². The van der Waals surface area contributed by atoms with E-state index < -0.39 is 10.2 Å². The van der Waals surface area contributed by atoms with Crippen LogP contribution in [0.25, 0.3) is 0 Å². The Labute approximate surface area is 127 Å². The van der Waals surface area contributed by atoms with Crippen LogP contribution in [-0.2, 0) is 16.8 Å². The Balaban J connectivity index is 2.26. The molecule has 21 heavy (non-hydrogen) atoms. The molecule has 0 amide bonds. The van der Waals surface area contributed by atoms with E-state index in [9.17, 15) is 8.42 Å². The minimum Gasteiger partial charge on any atom is -0.328 e. The standard InChI is InChI=1S/C13H25N5O2S/c1-5-16(6-2)8-13-10-17(21(19,20)15(3)4)9-12-7-14-11-18(12)13/h7,11,13H,5-6,8-10H2,1-4H3/t13-/m1/s1. The first-order chi connectivity index (χ1) is 9.90. The molecule has 1 aliphatic heterocycles. The van der Waals surface area contributed by atoms with E-state index in [1.807, 2.05) is 6.33 Å². The molecule has 0 N–H and O–H groups in total. The van der Waals surface area contributed by atoms with E-state index in [1.165, 1.54) is 8.61 Å². The first-order valence-electron chi connectivity index (χ1n) is 7.30. The van der Waals surface area contributed by atoms with Crippen molar-refractivity contribution < 1.29 is 8.42 Å². The Morgan fingerprint density at radius 1 is 1.33 bits per heavy atom. The lowest BCUT2D eigenvalue weighted by Crippen LogP contribution is -2.48. The molecule has 1 aromatic heterocycles. The van der Waals surface area contributed by atoms with E-state index in [4.69, 9.17) is 0 Å². The fraction of sp³-hybridized carbons (Fsp3) is 0.769. The molecular weight excluding hydrogens is 290 g/mol. The lowest BCUT2D eigenvalue weighted by Gasteiger charge is -2.37. The maximum atomic E-state index is 12.4. The predicted octanol–water partition coefficient (Wildman–Crippen LogP) is 0.388. The molecule has 7 nitrogen and oxygen atoms in total. The summed E-state index contributed by atoms with van der Waals surface area (Å²) in [5.74, 6) is 0. The van der Waals surface area contributed by atoms with Crippen molar-refractivity contribution in [1.82, 2.24) is 23.1 Å². The highest BCUT2D eigenvalue weighted by Gasteiger charge is 2.33. The third kappa shape index (κ3) is 3.28. The molecule has 0 bridgehead atoms. The van der Waals surface area contributed by atoms with Crippen LogP contribution >= 0.6 is 0 Å². The van der Waals surface area contributed by atoms with Gasteiger partial charge in [0.05, 0.1) is 24.6 Å². The van der Waals surface area contributed by atoms with Crippen LogP contribution in [0.3, 0.4) is 0 Å². The largest absolute Gasteiger partial charge is 0.328 e. The highest BCUT2D eigenvalue weighted by Crippen LogP contribution is 2.24. The summed E-state index contributed by atoms with van der Waals surface area (Å²) in [6.07, 6.45) is 3.57. The van der Waals surface area contributed by atoms with Crippen molar-refractivity contribution in [3.05, 3.63) is 18.2 Å². The molecule has 0 aromatic carbocycles. The quantitative estimate of drug-likeness (QED) is 0.762. The summed E-state index contributed by atoms with van der Waals surface area (Å²) in [5, 5.41) is 0. The lowest BCUT2D eigenvalue weighted by atomic mass is 10.2. The van der Waals surface area contributed by atoms with Gasteiger partial charge >= 0.3 is 0 Å². The Hall–Kier alpha value is -0.960. The molecule has 0 saturated heterocycles. The number of likely N-dealkylation sites (N-methyl/N-ethyl adjacent to an activating group) is 1. The second-order valence-electron chi connectivity index (χ2n) is 5.51. The third-order valence-corrected chi connectivity index (χ3v) is 5.90. The topological polar surface area (TPSA) is 61.7 Å². The van der Waals surface area contributed by atoms with Gasteiger partial charge in [0, 0.05) is 33.4 Å². The zero-order chi connectivity index (χ0) is 15.6. The minimum atomic E-state index is -3.40. The normalized spacial score (nSPS) is 20.2. The number of aromatic nitrogens is 2. The molecule has 8 heteroatoms. The van der Waals surface area contributed by atoms with Crippen LogP contribution in [-0.4, -0.2) is 71.8 Å². The van der Waals surface area contributed by atoms with Crippen molar-refractivity contribution >= 4 is 10.2 Å². The van der Waals surface area contributed by atoms with Gasteiger partial charge in [-0.3, -0.25) is 0 Å². The molecule has 120 valence electrons. The third-order valence-electron chi connectivity index (χ3n) is 4.04. The fourth-order valence-electron chi connectivity index (χ4n) is 2.68. The van der Waals surface area contributed by atoms with Gasteiger partial charge < -0.3 is 9.47 Å². The van der Waals surface area contributed by atoms with Crippen LogP contribution in [0.5, 0.6) is 0 Å². The molecule has 1 atom stereocenters. The van der Waals surface area contributed by atoms with Crippen LogP contribution in [0.15, 0.2) is 12.5 Å². The molecule has 2 rings (SSSR count). The summed E-state index contributed by atoms with van der Waals surface area (Å²) in [6.45, 7) is 7.85. The fourth-order valence-corrected chi connectivity index (χ4v) is 3.80. The first kappa shape index (κ1) is 16.4. The molecule has 0 aliphatic carbocycles. The van der Waals surface area contributed by atoms with Gasteiger partial charge in [-0.15, -0.1) is 0 Å². The van der Waals surface area contributed by atoms with Crippen molar-refractivity contribution in [3.8, 4) is 0 Å². The van der Waals surface area contributed by atoms with Crippen molar-refractivity contribution in [2.45, 2.75) is 26.4 Å². The van der Waals surface area contributed by atoms with Crippen LogP contribution in [0.4, 0.5) is 0 Å². The summed E-state index contributed by atoms with van der Waals surface area (Å²) in [7, 11) is -0.256. The van der Waals surface area contributed by atoms with Gasteiger partial charge in [0.1, 0.15) is 0 Å². The van der Waals surface area contributed by atoms with Crippen molar-refractivity contribution in [3.63, 3.8) is 0 Å². The monoisotopic (exact) mass is 315 g/mol. The van der Waals surface area contributed by atoms with Crippen molar-refractivity contribution in [1.29, 1.82) is 0 Å².